The molecule has 0 unspecified atom stereocenters. The van der Waals surface area contributed by atoms with Crippen molar-refractivity contribution in [2.45, 2.75) is 25.4 Å². The first-order valence-corrected chi connectivity index (χ1v) is 9.33. The molecule has 0 amide bonds. The van der Waals surface area contributed by atoms with Crippen LogP contribution in [0.4, 0.5) is 0 Å². The number of halogens is 1. The third-order valence-electron chi connectivity index (χ3n) is 3.25. The van der Waals surface area contributed by atoms with E-state index in [0.29, 0.717) is 40.5 Å². The Balaban J connectivity index is 2.67. The van der Waals surface area contributed by atoms with E-state index in [4.69, 9.17) is 21.1 Å². The zero-order valence-electron chi connectivity index (χ0n) is 14.2. The van der Waals surface area contributed by atoms with Crippen molar-refractivity contribution in [3.63, 3.8) is 0 Å². The second kappa shape index (κ2) is 8.79. The molecule has 0 radical (unpaired) electrons. The number of benzene rings is 1. The molecule has 8 heteroatoms. The van der Waals surface area contributed by atoms with E-state index in [1.54, 1.807) is 18.4 Å². The van der Waals surface area contributed by atoms with E-state index >= 15 is 0 Å². The molecule has 0 spiro atoms. The zero-order valence-corrected chi connectivity index (χ0v) is 15.8. The predicted octanol–water partition coefficient (Wildman–Crippen LogP) is 3.87. The molecule has 0 fully saturated rings. The highest BCUT2D eigenvalue weighted by atomic mass is 35.5. The Morgan fingerprint density at radius 3 is 2.64 bits per heavy atom. The standard InChI is InChI=1S/C17H18ClN3O3S/c1-4-6-24-14-8-12(18)10(7-13(14)23-5-2)15-11(9-19)16(22)21-17(20-15)25-3/h7-8H,4-6H2,1-3H3,(H,20,21,22). The fourth-order valence-electron chi connectivity index (χ4n) is 2.16. The Morgan fingerprint density at radius 1 is 1.32 bits per heavy atom. The van der Waals surface area contributed by atoms with Crippen LogP contribution in [0.2, 0.25) is 5.02 Å². The Kier molecular flexibility index (Phi) is 6.73. The SMILES string of the molecule is CCCOc1cc(Cl)c(-c2nc(SC)[nH]c(=O)c2C#N)cc1OCC. The van der Waals surface area contributed by atoms with Crippen molar-refractivity contribution in [2.24, 2.45) is 0 Å². The Morgan fingerprint density at radius 2 is 2.04 bits per heavy atom. The average Bonchev–Trinajstić information content (AvgIpc) is 2.61. The van der Waals surface area contributed by atoms with Crippen LogP contribution in [0, 0.1) is 11.3 Å². The second-order valence-electron chi connectivity index (χ2n) is 4.97. The van der Waals surface area contributed by atoms with Crippen molar-refractivity contribution in [1.82, 2.24) is 9.97 Å². The summed E-state index contributed by atoms with van der Waals surface area (Å²) in [5, 5.41) is 10.1. The minimum absolute atomic E-state index is 0.0932. The van der Waals surface area contributed by atoms with Crippen LogP contribution in [0.25, 0.3) is 11.3 Å². The van der Waals surface area contributed by atoms with Gasteiger partial charge in [-0.3, -0.25) is 4.79 Å². The lowest BCUT2D eigenvalue weighted by molar-refractivity contribution is 0.277. The molecule has 1 heterocycles. The number of nitrogens with one attached hydrogen (secondary N) is 1. The Labute approximate surface area is 155 Å². The van der Waals surface area contributed by atoms with Gasteiger partial charge in [-0.2, -0.15) is 5.26 Å². The number of hydrogen-bond donors (Lipinski definition) is 1. The molecule has 132 valence electrons. The number of aromatic nitrogens is 2. The number of hydrogen-bond acceptors (Lipinski definition) is 6. The average molecular weight is 380 g/mol. The normalized spacial score (nSPS) is 10.4. The van der Waals surface area contributed by atoms with E-state index in [1.807, 2.05) is 19.9 Å². The van der Waals surface area contributed by atoms with E-state index in [9.17, 15) is 10.1 Å². The molecule has 2 rings (SSSR count). The molecule has 6 nitrogen and oxygen atoms in total. The summed E-state index contributed by atoms with van der Waals surface area (Å²) in [4.78, 5) is 19.0. The summed E-state index contributed by atoms with van der Waals surface area (Å²) in [6.45, 7) is 4.82. The maximum Gasteiger partial charge on any atom is 0.270 e. The van der Waals surface area contributed by atoms with Crippen molar-refractivity contribution >= 4 is 23.4 Å². The first-order chi connectivity index (χ1) is 12.0. The molecule has 1 N–H and O–H groups in total. The molecule has 0 saturated heterocycles. The predicted molar refractivity (Wildman–Crippen MR) is 98.8 cm³/mol. The second-order valence-corrected chi connectivity index (χ2v) is 6.17. The van der Waals surface area contributed by atoms with Crippen molar-refractivity contribution < 1.29 is 9.47 Å². The summed E-state index contributed by atoms with van der Waals surface area (Å²) in [5.74, 6) is 1.01. The zero-order chi connectivity index (χ0) is 18.4. The molecule has 25 heavy (non-hydrogen) atoms. The molecule has 0 aliphatic heterocycles. The van der Waals surface area contributed by atoms with E-state index in [0.717, 1.165) is 6.42 Å². The minimum Gasteiger partial charge on any atom is -0.490 e. The first kappa shape index (κ1) is 19.2. The van der Waals surface area contributed by atoms with Gasteiger partial charge < -0.3 is 14.5 Å². The highest BCUT2D eigenvalue weighted by Crippen LogP contribution is 2.39. The summed E-state index contributed by atoms with van der Waals surface area (Å²) in [7, 11) is 0. The van der Waals surface area contributed by atoms with Crippen LogP contribution in [0.3, 0.4) is 0 Å². The lowest BCUT2D eigenvalue weighted by Crippen LogP contribution is -2.14. The summed E-state index contributed by atoms with van der Waals surface area (Å²) >= 11 is 7.66. The maximum atomic E-state index is 12.1. The summed E-state index contributed by atoms with van der Waals surface area (Å²) in [6, 6.07) is 5.18. The highest BCUT2D eigenvalue weighted by Gasteiger charge is 2.19. The maximum absolute atomic E-state index is 12.1. The third kappa shape index (κ3) is 4.27. The number of aromatic amines is 1. The van der Waals surface area contributed by atoms with Crippen LogP contribution in [0.5, 0.6) is 11.5 Å². The van der Waals surface area contributed by atoms with Gasteiger partial charge in [0.2, 0.25) is 0 Å². The molecular weight excluding hydrogens is 362 g/mol. The number of nitriles is 1. The van der Waals surface area contributed by atoms with Crippen molar-refractivity contribution in [2.75, 3.05) is 19.5 Å². The quantitative estimate of drug-likeness (QED) is 0.580. The monoisotopic (exact) mass is 379 g/mol. The molecular formula is C17H18ClN3O3S. The molecule has 0 atom stereocenters. The molecule has 0 saturated carbocycles. The number of nitrogens with zero attached hydrogens (tertiary/aromatic N) is 2. The molecule has 2 aromatic rings. The minimum atomic E-state index is -0.503. The Bertz CT molecular complexity index is 861. The van der Waals surface area contributed by atoms with Crippen LogP contribution < -0.4 is 15.0 Å². The van der Waals surface area contributed by atoms with Gasteiger partial charge in [0.15, 0.2) is 16.7 Å². The summed E-state index contributed by atoms with van der Waals surface area (Å²) in [5.41, 5.74) is 0.0806. The highest BCUT2D eigenvalue weighted by molar-refractivity contribution is 7.98. The van der Waals surface area contributed by atoms with Crippen LogP contribution in [-0.4, -0.2) is 29.4 Å². The van der Waals surface area contributed by atoms with Crippen LogP contribution in [0.1, 0.15) is 25.8 Å². The van der Waals surface area contributed by atoms with E-state index < -0.39 is 5.56 Å². The largest absolute Gasteiger partial charge is 0.490 e. The molecule has 0 aliphatic carbocycles. The number of rotatable bonds is 7. The number of ether oxygens (including phenoxy) is 2. The number of H-pyrrole nitrogens is 1. The molecule has 0 aliphatic rings. The van der Waals surface area contributed by atoms with Crippen molar-refractivity contribution in [3.8, 4) is 28.8 Å². The first-order valence-electron chi connectivity index (χ1n) is 7.73. The van der Waals surface area contributed by atoms with Gasteiger partial charge in [0, 0.05) is 11.6 Å². The third-order valence-corrected chi connectivity index (χ3v) is 4.15. The fraction of sp³-hybridized carbons (Fsp3) is 0.353. The van der Waals surface area contributed by atoms with Gasteiger partial charge in [0.25, 0.3) is 5.56 Å². The van der Waals surface area contributed by atoms with Crippen molar-refractivity contribution in [3.05, 3.63) is 33.1 Å². The van der Waals surface area contributed by atoms with Gasteiger partial charge in [-0.05, 0) is 25.7 Å². The summed E-state index contributed by atoms with van der Waals surface area (Å²) < 4.78 is 11.3. The van der Waals surface area contributed by atoms with Crippen molar-refractivity contribution in [1.29, 1.82) is 5.26 Å². The number of thioether (sulfide) groups is 1. The van der Waals surface area contributed by atoms with Crippen LogP contribution in [-0.2, 0) is 0 Å². The fourth-order valence-corrected chi connectivity index (χ4v) is 2.78. The van der Waals surface area contributed by atoms with Gasteiger partial charge in [0.1, 0.15) is 11.6 Å². The lowest BCUT2D eigenvalue weighted by Gasteiger charge is -2.15. The smallest absolute Gasteiger partial charge is 0.270 e. The van der Waals surface area contributed by atoms with Gasteiger partial charge in [-0.25, -0.2) is 4.98 Å². The van der Waals surface area contributed by atoms with E-state index in [1.165, 1.54) is 11.8 Å². The molecule has 1 aromatic heterocycles. The summed E-state index contributed by atoms with van der Waals surface area (Å²) in [6.07, 6.45) is 2.62. The topological polar surface area (TPSA) is 88.0 Å². The lowest BCUT2D eigenvalue weighted by atomic mass is 10.1. The molecule has 0 bridgehead atoms. The van der Waals surface area contributed by atoms with Gasteiger partial charge in [-0.1, -0.05) is 30.3 Å². The van der Waals surface area contributed by atoms with Crippen LogP contribution in [0.15, 0.2) is 22.1 Å². The van der Waals surface area contributed by atoms with Gasteiger partial charge in [-0.15, -0.1) is 0 Å². The molecule has 1 aromatic carbocycles. The van der Waals surface area contributed by atoms with Crippen LogP contribution >= 0.6 is 23.4 Å². The van der Waals surface area contributed by atoms with Gasteiger partial charge >= 0.3 is 0 Å². The van der Waals surface area contributed by atoms with E-state index in [-0.39, 0.29) is 11.3 Å². The Hall–Kier alpha value is -2.17. The van der Waals surface area contributed by atoms with Gasteiger partial charge in [0.05, 0.1) is 23.9 Å². The van der Waals surface area contributed by atoms with E-state index in [2.05, 4.69) is 9.97 Å².